The van der Waals surface area contributed by atoms with Crippen molar-refractivity contribution < 1.29 is 4.79 Å². The summed E-state index contributed by atoms with van der Waals surface area (Å²) in [6.07, 6.45) is 3.90. The Bertz CT molecular complexity index is 1660. The highest BCUT2D eigenvalue weighted by Crippen LogP contribution is 2.32. The fraction of sp³-hybridized carbons (Fsp3) is 0.0606. The molecule has 1 amide bonds. The van der Waals surface area contributed by atoms with Gasteiger partial charge in [-0.2, -0.15) is 15.2 Å². The Kier molecular flexibility index (Phi) is 6.93. The fourth-order valence-electron chi connectivity index (χ4n) is 4.56. The van der Waals surface area contributed by atoms with E-state index in [0.717, 1.165) is 39.5 Å². The third-order valence-corrected chi connectivity index (χ3v) is 7.32. The predicted molar refractivity (Wildman–Crippen MR) is 160 cm³/mol. The standard InChI is InChI=1S/C33H26N4OS/c1-2-39-29-20-18-25(19-21-29)31-26(23-36(34-31)27-14-8-4-9-15-27)22-30-32(24-12-6-3-7-13-24)35-37(33(30)38)28-16-10-5-11-17-28/h3-23H,2H2,1H3/b30-22-. The Morgan fingerprint density at radius 2 is 1.36 bits per heavy atom. The average molecular weight is 527 g/mol. The lowest BCUT2D eigenvalue weighted by Gasteiger charge is -2.10. The molecule has 0 unspecified atom stereocenters. The van der Waals surface area contributed by atoms with Crippen LogP contribution in [0.15, 0.2) is 137 Å². The van der Waals surface area contributed by atoms with Gasteiger partial charge in [0.15, 0.2) is 0 Å². The molecule has 0 spiro atoms. The second-order valence-electron chi connectivity index (χ2n) is 9.00. The van der Waals surface area contributed by atoms with Crippen LogP contribution in [-0.2, 0) is 4.79 Å². The molecule has 0 aliphatic carbocycles. The number of nitrogens with zero attached hydrogens (tertiary/aromatic N) is 4. The first-order chi connectivity index (χ1) is 19.2. The highest BCUT2D eigenvalue weighted by Gasteiger charge is 2.32. The van der Waals surface area contributed by atoms with Crippen LogP contribution in [0.3, 0.4) is 0 Å². The van der Waals surface area contributed by atoms with E-state index in [1.807, 2.05) is 108 Å². The maximum atomic E-state index is 13.8. The van der Waals surface area contributed by atoms with E-state index in [1.165, 1.54) is 9.90 Å². The zero-order valence-corrected chi connectivity index (χ0v) is 22.3. The minimum Gasteiger partial charge on any atom is -0.267 e. The van der Waals surface area contributed by atoms with Gasteiger partial charge < -0.3 is 0 Å². The number of para-hydroxylation sites is 2. The Morgan fingerprint density at radius 1 is 0.744 bits per heavy atom. The molecule has 39 heavy (non-hydrogen) atoms. The summed E-state index contributed by atoms with van der Waals surface area (Å²) in [7, 11) is 0. The quantitative estimate of drug-likeness (QED) is 0.163. The molecule has 1 aliphatic rings. The summed E-state index contributed by atoms with van der Waals surface area (Å²) in [5.41, 5.74) is 6.35. The van der Waals surface area contributed by atoms with Crippen LogP contribution in [0.1, 0.15) is 18.1 Å². The van der Waals surface area contributed by atoms with Crippen LogP contribution in [0.2, 0.25) is 0 Å². The van der Waals surface area contributed by atoms with Crippen molar-refractivity contribution >= 4 is 35.1 Å². The lowest BCUT2D eigenvalue weighted by atomic mass is 9.99. The molecule has 190 valence electrons. The lowest BCUT2D eigenvalue weighted by molar-refractivity contribution is -0.114. The molecule has 5 aromatic rings. The van der Waals surface area contributed by atoms with Gasteiger partial charge in [-0.25, -0.2) is 4.68 Å². The second kappa shape index (κ2) is 11.0. The van der Waals surface area contributed by atoms with Crippen LogP contribution in [0.4, 0.5) is 5.69 Å². The fourth-order valence-corrected chi connectivity index (χ4v) is 5.22. The van der Waals surface area contributed by atoms with Gasteiger partial charge in [-0.15, -0.1) is 11.8 Å². The minimum atomic E-state index is -0.173. The van der Waals surface area contributed by atoms with E-state index in [4.69, 9.17) is 10.2 Å². The van der Waals surface area contributed by atoms with Crippen LogP contribution in [0, 0.1) is 0 Å². The van der Waals surface area contributed by atoms with Crippen molar-refractivity contribution in [3.05, 3.63) is 138 Å². The van der Waals surface area contributed by atoms with Gasteiger partial charge in [0, 0.05) is 27.8 Å². The molecule has 6 rings (SSSR count). The number of carbonyl (C=O) groups is 1. The van der Waals surface area contributed by atoms with E-state index in [0.29, 0.717) is 11.3 Å². The van der Waals surface area contributed by atoms with Crippen LogP contribution in [0.25, 0.3) is 23.0 Å². The minimum absolute atomic E-state index is 0.173. The van der Waals surface area contributed by atoms with Crippen molar-refractivity contribution in [3.63, 3.8) is 0 Å². The summed E-state index contributed by atoms with van der Waals surface area (Å²) in [5.74, 6) is 0.842. The lowest BCUT2D eigenvalue weighted by Crippen LogP contribution is -2.21. The average Bonchev–Trinajstić information content (AvgIpc) is 3.56. The smallest absolute Gasteiger partial charge is 0.267 e. The maximum Gasteiger partial charge on any atom is 0.281 e. The van der Waals surface area contributed by atoms with Gasteiger partial charge >= 0.3 is 0 Å². The third kappa shape index (κ3) is 5.07. The van der Waals surface area contributed by atoms with Crippen LogP contribution >= 0.6 is 11.8 Å². The molecule has 0 fully saturated rings. The number of amides is 1. The molecule has 5 nitrogen and oxygen atoms in total. The van der Waals surface area contributed by atoms with Crippen molar-refractivity contribution in [3.8, 4) is 16.9 Å². The summed E-state index contributed by atoms with van der Waals surface area (Å²) in [6, 6.07) is 37.8. The summed E-state index contributed by atoms with van der Waals surface area (Å²) in [6.45, 7) is 2.15. The van der Waals surface area contributed by atoms with Gasteiger partial charge in [0.2, 0.25) is 0 Å². The van der Waals surface area contributed by atoms with Gasteiger partial charge in [-0.05, 0) is 48.2 Å². The summed E-state index contributed by atoms with van der Waals surface area (Å²) < 4.78 is 1.87. The highest BCUT2D eigenvalue weighted by molar-refractivity contribution is 7.99. The van der Waals surface area contributed by atoms with E-state index in [9.17, 15) is 4.79 Å². The van der Waals surface area contributed by atoms with E-state index in [-0.39, 0.29) is 5.91 Å². The van der Waals surface area contributed by atoms with Crippen molar-refractivity contribution in [2.45, 2.75) is 11.8 Å². The summed E-state index contributed by atoms with van der Waals surface area (Å²) >= 11 is 1.80. The topological polar surface area (TPSA) is 50.5 Å². The first kappa shape index (κ1) is 24.6. The number of hydrogen-bond donors (Lipinski definition) is 0. The third-order valence-electron chi connectivity index (χ3n) is 6.43. The monoisotopic (exact) mass is 526 g/mol. The highest BCUT2D eigenvalue weighted by atomic mass is 32.2. The second-order valence-corrected chi connectivity index (χ2v) is 10.3. The summed E-state index contributed by atoms with van der Waals surface area (Å²) in [5, 5.41) is 11.2. The van der Waals surface area contributed by atoms with E-state index < -0.39 is 0 Å². The molecule has 0 bridgehead atoms. The SMILES string of the molecule is CCSc1ccc(-c2nn(-c3ccccc3)cc2/C=C2\C(=O)N(c3ccccc3)N=C2c2ccccc2)cc1. The number of rotatable bonds is 7. The molecule has 6 heteroatoms. The summed E-state index contributed by atoms with van der Waals surface area (Å²) in [4.78, 5) is 15.1. The molecule has 0 atom stereocenters. The molecule has 0 N–H and O–H groups in total. The van der Waals surface area contributed by atoms with Gasteiger partial charge in [0.25, 0.3) is 5.91 Å². The number of aromatic nitrogens is 2. The molecular weight excluding hydrogens is 500 g/mol. The van der Waals surface area contributed by atoms with Gasteiger partial charge in [0.1, 0.15) is 5.71 Å². The number of benzene rings is 4. The molecule has 0 saturated heterocycles. The van der Waals surface area contributed by atoms with Gasteiger partial charge in [0.05, 0.1) is 22.6 Å². The van der Waals surface area contributed by atoms with Crippen molar-refractivity contribution in [2.75, 3.05) is 10.8 Å². The van der Waals surface area contributed by atoms with E-state index in [2.05, 4.69) is 31.2 Å². The molecule has 1 aliphatic heterocycles. The van der Waals surface area contributed by atoms with Crippen LogP contribution in [-0.4, -0.2) is 27.2 Å². The van der Waals surface area contributed by atoms with Gasteiger partial charge in [-0.3, -0.25) is 4.79 Å². The maximum absolute atomic E-state index is 13.8. The molecule has 1 aromatic heterocycles. The first-order valence-corrected chi connectivity index (χ1v) is 13.8. The van der Waals surface area contributed by atoms with Crippen LogP contribution < -0.4 is 5.01 Å². The van der Waals surface area contributed by atoms with Crippen molar-refractivity contribution in [1.29, 1.82) is 0 Å². The Morgan fingerprint density at radius 3 is 2.00 bits per heavy atom. The van der Waals surface area contributed by atoms with Crippen molar-refractivity contribution in [2.24, 2.45) is 5.10 Å². The number of hydrogen-bond acceptors (Lipinski definition) is 4. The Labute approximate surface area is 232 Å². The largest absolute Gasteiger partial charge is 0.281 e. The van der Waals surface area contributed by atoms with E-state index >= 15 is 0 Å². The molecule has 0 saturated carbocycles. The molecule has 4 aromatic carbocycles. The first-order valence-electron chi connectivity index (χ1n) is 12.8. The number of thioether (sulfide) groups is 1. The number of hydrazone groups is 1. The zero-order valence-electron chi connectivity index (χ0n) is 21.4. The van der Waals surface area contributed by atoms with Gasteiger partial charge in [-0.1, -0.05) is 85.8 Å². The van der Waals surface area contributed by atoms with E-state index in [1.54, 1.807) is 11.8 Å². The zero-order chi connectivity index (χ0) is 26.6. The normalized spacial score (nSPS) is 14.2. The molecular formula is C33H26N4OS. The van der Waals surface area contributed by atoms with Crippen LogP contribution in [0.5, 0.6) is 0 Å². The Hall–Kier alpha value is -4.68. The Balaban J connectivity index is 1.50. The molecule has 0 radical (unpaired) electrons. The molecule has 2 heterocycles. The van der Waals surface area contributed by atoms with Crippen molar-refractivity contribution in [1.82, 2.24) is 9.78 Å². The number of carbonyl (C=O) groups excluding carboxylic acids is 1. The predicted octanol–water partition coefficient (Wildman–Crippen LogP) is 7.49. The number of anilines is 1.